The van der Waals surface area contributed by atoms with Gasteiger partial charge >= 0.3 is 18.2 Å². The fourth-order valence-corrected chi connectivity index (χ4v) is 4.35. The lowest BCUT2D eigenvalue weighted by Crippen LogP contribution is -2.52. The van der Waals surface area contributed by atoms with E-state index in [0.717, 1.165) is 11.1 Å². The van der Waals surface area contributed by atoms with Crippen LogP contribution in [0.4, 0.5) is 9.59 Å². The summed E-state index contributed by atoms with van der Waals surface area (Å²) < 4.78 is 16.0. The highest BCUT2D eigenvalue weighted by Gasteiger charge is 2.28. The van der Waals surface area contributed by atoms with E-state index in [-0.39, 0.29) is 37.2 Å². The summed E-state index contributed by atoms with van der Waals surface area (Å²) in [6.07, 6.45) is -0.705. The molecule has 0 bridgehead atoms. The molecule has 0 fully saturated rings. The Hall–Kier alpha value is -5.19. The van der Waals surface area contributed by atoms with Crippen molar-refractivity contribution in [2.24, 2.45) is 11.8 Å². The molecular formula is C35H41N3O8. The minimum atomic E-state index is -0.948. The molecule has 0 radical (unpaired) electrons. The quantitative estimate of drug-likeness (QED) is 0.124. The highest BCUT2D eigenvalue weighted by molar-refractivity contribution is 5.88. The van der Waals surface area contributed by atoms with E-state index in [0.29, 0.717) is 11.8 Å². The van der Waals surface area contributed by atoms with Crippen LogP contribution in [-0.4, -0.2) is 48.5 Å². The maximum Gasteiger partial charge on any atom is 0.408 e. The van der Waals surface area contributed by atoms with Crippen molar-refractivity contribution in [1.29, 1.82) is 0 Å². The zero-order chi connectivity index (χ0) is 33.5. The first-order chi connectivity index (χ1) is 22.0. The number of hydrogen-bond acceptors (Lipinski definition) is 8. The molecule has 0 saturated carbocycles. The largest absolute Gasteiger partial charge is 0.445 e. The molecule has 0 aliphatic rings. The van der Waals surface area contributed by atoms with Crippen LogP contribution in [0.25, 0.3) is 0 Å². The van der Waals surface area contributed by atoms with E-state index in [4.69, 9.17) is 14.2 Å². The summed E-state index contributed by atoms with van der Waals surface area (Å²) in [7, 11) is 0. The summed E-state index contributed by atoms with van der Waals surface area (Å²) in [4.78, 5) is 62.4. The standard InChI is InChI=1S/C35H41N3O8/c1-23(2)30(37-34(42)44-21-26-11-7-5-8-12-26)32(40)36-28(20-39)19-25-15-17-29(18-16-25)46-33(41)31(24(3)4)38-35(43)45-22-27-13-9-6-10-14-27/h5-18,20,23-24,28,30-31H,19,21-22H2,1-4H3,(H,36,40)(H,37,42)(H,38,43)/t28?,30?,31-/m0/s1. The van der Waals surface area contributed by atoms with Crippen LogP contribution in [-0.2, 0) is 43.5 Å². The number of benzene rings is 3. The van der Waals surface area contributed by atoms with Crippen LogP contribution in [0.2, 0.25) is 0 Å². The molecule has 0 heterocycles. The number of carbonyl (C=O) groups excluding carboxylic acids is 5. The molecule has 2 unspecified atom stereocenters. The van der Waals surface area contributed by atoms with Crippen LogP contribution >= 0.6 is 0 Å². The Morgan fingerprint density at radius 1 is 0.630 bits per heavy atom. The van der Waals surface area contributed by atoms with Crippen molar-refractivity contribution in [3.63, 3.8) is 0 Å². The number of aldehydes is 1. The average Bonchev–Trinajstić information content (AvgIpc) is 3.05. The second-order valence-corrected chi connectivity index (χ2v) is 11.4. The molecule has 0 spiro atoms. The first-order valence-electron chi connectivity index (χ1n) is 15.1. The summed E-state index contributed by atoms with van der Waals surface area (Å²) in [6.45, 7) is 7.19. The molecule has 0 saturated heterocycles. The lowest BCUT2D eigenvalue weighted by Gasteiger charge is -2.23. The second-order valence-electron chi connectivity index (χ2n) is 11.4. The first-order valence-corrected chi connectivity index (χ1v) is 15.1. The Morgan fingerprint density at radius 3 is 1.57 bits per heavy atom. The number of amides is 3. The first kappa shape index (κ1) is 35.3. The van der Waals surface area contributed by atoms with Gasteiger partial charge in [-0.25, -0.2) is 14.4 Å². The predicted octanol–water partition coefficient (Wildman–Crippen LogP) is 4.72. The number of ether oxygens (including phenoxy) is 3. The van der Waals surface area contributed by atoms with Crippen molar-refractivity contribution in [2.75, 3.05) is 0 Å². The monoisotopic (exact) mass is 631 g/mol. The van der Waals surface area contributed by atoms with Gasteiger partial charge in [-0.15, -0.1) is 0 Å². The average molecular weight is 632 g/mol. The third-order valence-electron chi connectivity index (χ3n) is 6.93. The topological polar surface area (TPSA) is 149 Å². The van der Waals surface area contributed by atoms with Crippen LogP contribution in [0.15, 0.2) is 84.9 Å². The van der Waals surface area contributed by atoms with Crippen LogP contribution < -0.4 is 20.7 Å². The van der Waals surface area contributed by atoms with Gasteiger partial charge in [0.25, 0.3) is 0 Å². The second kappa shape index (κ2) is 17.9. The molecule has 3 amide bonds. The van der Waals surface area contributed by atoms with Gasteiger partial charge in [0.2, 0.25) is 5.91 Å². The van der Waals surface area contributed by atoms with Gasteiger partial charge < -0.3 is 35.0 Å². The highest BCUT2D eigenvalue weighted by atomic mass is 16.6. The molecule has 11 nitrogen and oxygen atoms in total. The molecule has 244 valence electrons. The normalized spacial score (nSPS) is 12.7. The van der Waals surface area contributed by atoms with Crippen molar-refractivity contribution in [3.05, 3.63) is 102 Å². The molecule has 3 aromatic carbocycles. The maximum atomic E-state index is 13.0. The molecule has 0 aliphatic carbocycles. The number of esters is 1. The number of rotatable bonds is 15. The Morgan fingerprint density at radius 2 is 1.11 bits per heavy atom. The summed E-state index contributed by atoms with van der Waals surface area (Å²) in [5.41, 5.74) is 2.31. The van der Waals surface area contributed by atoms with E-state index in [9.17, 15) is 24.0 Å². The Bertz CT molecular complexity index is 1430. The zero-order valence-corrected chi connectivity index (χ0v) is 26.4. The Labute approximate surface area is 269 Å². The molecule has 11 heteroatoms. The summed E-state index contributed by atoms with van der Waals surface area (Å²) in [5.74, 6) is -1.50. The Kier molecular flexibility index (Phi) is 13.8. The fourth-order valence-electron chi connectivity index (χ4n) is 4.35. The third-order valence-corrected chi connectivity index (χ3v) is 6.93. The summed E-state index contributed by atoms with van der Waals surface area (Å²) >= 11 is 0. The predicted molar refractivity (Wildman–Crippen MR) is 171 cm³/mol. The fraction of sp³-hybridized carbons (Fsp3) is 0.343. The van der Waals surface area contributed by atoms with E-state index < -0.39 is 42.2 Å². The number of nitrogens with one attached hydrogen (secondary N) is 3. The van der Waals surface area contributed by atoms with Crippen molar-refractivity contribution >= 4 is 30.3 Å². The van der Waals surface area contributed by atoms with Crippen LogP contribution in [0.3, 0.4) is 0 Å². The van der Waals surface area contributed by atoms with Crippen molar-refractivity contribution in [1.82, 2.24) is 16.0 Å². The van der Waals surface area contributed by atoms with E-state index in [1.807, 2.05) is 60.7 Å². The van der Waals surface area contributed by atoms with Crippen LogP contribution in [0.1, 0.15) is 44.4 Å². The highest BCUT2D eigenvalue weighted by Crippen LogP contribution is 2.16. The molecule has 3 aromatic rings. The van der Waals surface area contributed by atoms with Gasteiger partial charge in [0, 0.05) is 0 Å². The van der Waals surface area contributed by atoms with Crippen LogP contribution in [0.5, 0.6) is 5.75 Å². The van der Waals surface area contributed by atoms with Crippen molar-refractivity contribution in [3.8, 4) is 5.75 Å². The van der Waals surface area contributed by atoms with Gasteiger partial charge in [0.15, 0.2) is 0 Å². The minimum absolute atomic E-state index is 0.0529. The zero-order valence-electron chi connectivity index (χ0n) is 26.4. The lowest BCUT2D eigenvalue weighted by atomic mass is 10.0. The molecule has 3 N–H and O–H groups in total. The van der Waals surface area contributed by atoms with Gasteiger partial charge in [0.05, 0.1) is 6.04 Å². The van der Waals surface area contributed by atoms with Crippen molar-refractivity contribution in [2.45, 2.75) is 65.5 Å². The molecule has 46 heavy (non-hydrogen) atoms. The van der Waals surface area contributed by atoms with Crippen LogP contribution in [0, 0.1) is 11.8 Å². The van der Waals surface area contributed by atoms with Gasteiger partial charge in [-0.05, 0) is 47.1 Å². The van der Waals surface area contributed by atoms with E-state index in [1.54, 1.807) is 52.0 Å². The van der Waals surface area contributed by atoms with Gasteiger partial charge in [-0.3, -0.25) is 4.79 Å². The Balaban J connectivity index is 1.51. The maximum absolute atomic E-state index is 13.0. The smallest absolute Gasteiger partial charge is 0.408 e. The summed E-state index contributed by atoms with van der Waals surface area (Å²) in [5, 5.41) is 7.82. The number of alkyl carbamates (subject to hydrolysis) is 2. The van der Waals surface area contributed by atoms with Crippen molar-refractivity contribution < 1.29 is 38.2 Å². The third kappa shape index (κ3) is 11.7. The molecule has 0 aliphatic heterocycles. The van der Waals surface area contributed by atoms with Gasteiger partial charge in [-0.2, -0.15) is 0 Å². The van der Waals surface area contributed by atoms with Gasteiger partial charge in [-0.1, -0.05) is 100 Å². The van der Waals surface area contributed by atoms with E-state index in [1.165, 1.54) is 0 Å². The molecular weight excluding hydrogens is 590 g/mol. The molecule has 0 aromatic heterocycles. The van der Waals surface area contributed by atoms with E-state index >= 15 is 0 Å². The van der Waals surface area contributed by atoms with Gasteiger partial charge in [0.1, 0.15) is 37.3 Å². The minimum Gasteiger partial charge on any atom is -0.445 e. The summed E-state index contributed by atoms with van der Waals surface area (Å²) in [6, 6.07) is 22.0. The molecule has 3 rings (SSSR count). The van der Waals surface area contributed by atoms with E-state index in [2.05, 4.69) is 16.0 Å². The molecule has 3 atom stereocenters. The lowest BCUT2D eigenvalue weighted by molar-refractivity contribution is -0.137. The number of hydrogen-bond donors (Lipinski definition) is 3. The number of carbonyl (C=O) groups is 5. The SMILES string of the molecule is CC(C)C(NC(=O)OCc1ccccc1)C(=O)NC(C=O)Cc1ccc(OC(=O)[C@@H](NC(=O)OCc2ccccc2)C(C)C)cc1.